The number of hydrogen-bond acceptors (Lipinski definition) is 5. The van der Waals surface area contributed by atoms with Gasteiger partial charge in [-0.3, -0.25) is 4.68 Å². The first-order chi connectivity index (χ1) is 14.1. The minimum Gasteiger partial charge on any atom is -0.494 e. The van der Waals surface area contributed by atoms with Crippen LogP contribution in [-0.2, 0) is 23.2 Å². The van der Waals surface area contributed by atoms with E-state index in [0.29, 0.717) is 22.8 Å². The SMILES string of the molecule is CCOc1ccc2ccn(S(=O)(=O)c3ccc(-c4cc(C(F)(F)F)n(C)n4)s3)c2c1. The predicted molar refractivity (Wildman–Crippen MR) is 107 cm³/mol. The first-order valence-electron chi connectivity index (χ1n) is 8.82. The summed E-state index contributed by atoms with van der Waals surface area (Å²) in [5, 5.41) is 4.60. The summed E-state index contributed by atoms with van der Waals surface area (Å²) in [5.41, 5.74) is -0.393. The lowest BCUT2D eigenvalue weighted by molar-refractivity contribution is -0.143. The summed E-state index contributed by atoms with van der Waals surface area (Å²) in [4.78, 5) is 0.325. The topological polar surface area (TPSA) is 66.1 Å². The Balaban J connectivity index is 1.75. The van der Waals surface area contributed by atoms with Crippen LogP contribution in [0.25, 0.3) is 21.5 Å². The molecule has 4 rings (SSSR count). The van der Waals surface area contributed by atoms with Crippen LogP contribution in [0.3, 0.4) is 0 Å². The molecule has 4 aromatic rings. The molecule has 1 aromatic carbocycles. The van der Waals surface area contributed by atoms with Gasteiger partial charge in [0.1, 0.15) is 21.3 Å². The zero-order valence-electron chi connectivity index (χ0n) is 15.8. The molecular formula is C19H16F3N3O3S2. The predicted octanol–water partition coefficient (Wildman–Crippen LogP) is 4.76. The molecule has 0 spiro atoms. The average molecular weight is 455 g/mol. The van der Waals surface area contributed by atoms with Crippen molar-refractivity contribution in [1.29, 1.82) is 0 Å². The van der Waals surface area contributed by atoms with Gasteiger partial charge >= 0.3 is 6.18 Å². The van der Waals surface area contributed by atoms with Crippen LogP contribution in [0.5, 0.6) is 5.75 Å². The molecular weight excluding hydrogens is 439 g/mol. The van der Waals surface area contributed by atoms with E-state index >= 15 is 0 Å². The van der Waals surface area contributed by atoms with Crippen LogP contribution in [0.1, 0.15) is 12.6 Å². The van der Waals surface area contributed by atoms with Gasteiger partial charge < -0.3 is 4.74 Å². The monoisotopic (exact) mass is 455 g/mol. The van der Waals surface area contributed by atoms with Crippen molar-refractivity contribution in [3.8, 4) is 16.3 Å². The summed E-state index contributed by atoms with van der Waals surface area (Å²) < 4.78 is 72.8. The molecule has 0 aliphatic rings. The Morgan fingerprint density at radius 1 is 1.13 bits per heavy atom. The van der Waals surface area contributed by atoms with Crippen molar-refractivity contribution < 1.29 is 26.3 Å². The maximum absolute atomic E-state index is 13.2. The number of aromatic nitrogens is 3. The Morgan fingerprint density at radius 3 is 2.57 bits per heavy atom. The summed E-state index contributed by atoms with van der Waals surface area (Å²) >= 11 is 0.864. The molecule has 158 valence electrons. The maximum Gasteiger partial charge on any atom is 0.433 e. The van der Waals surface area contributed by atoms with Crippen LogP contribution in [0.4, 0.5) is 13.2 Å². The summed E-state index contributed by atoms with van der Waals surface area (Å²) in [7, 11) is -2.76. The van der Waals surface area contributed by atoms with Crippen LogP contribution in [-0.4, -0.2) is 28.8 Å². The van der Waals surface area contributed by atoms with Crippen molar-refractivity contribution in [2.75, 3.05) is 6.61 Å². The molecule has 11 heteroatoms. The molecule has 3 aromatic heterocycles. The van der Waals surface area contributed by atoms with Gasteiger partial charge in [0, 0.05) is 24.7 Å². The molecule has 0 N–H and O–H groups in total. The van der Waals surface area contributed by atoms with E-state index in [1.165, 1.54) is 25.4 Å². The molecule has 0 saturated carbocycles. The van der Waals surface area contributed by atoms with Crippen molar-refractivity contribution in [3.05, 3.63) is 54.4 Å². The zero-order chi connectivity index (χ0) is 21.7. The normalized spacial score (nSPS) is 12.6. The third kappa shape index (κ3) is 3.47. The molecule has 0 aliphatic heterocycles. The fourth-order valence-electron chi connectivity index (χ4n) is 3.10. The number of alkyl halides is 3. The largest absolute Gasteiger partial charge is 0.494 e. The standard InChI is InChI=1S/C19H16F3N3O3S2/c1-3-28-13-5-4-12-8-9-25(15(12)10-13)30(26,27)18-7-6-16(29-18)14-11-17(19(20,21)22)24(2)23-14/h4-11H,3H2,1-2H3. The van der Waals surface area contributed by atoms with Gasteiger partial charge in [0.05, 0.1) is 17.0 Å². The Labute approximate surface area is 174 Å². The molecule has 30 heavy (non-hydrogen) atoms. The molecule has 0 bridgehead atoms. The second kappa shape index (κ2) is 7.17. The van der Waals surface area contributed by atoms with E-state index in [2.05, 4.69) is 5.10 Å². The minimum absolute atomic E-state index is 0.00368. The molecule has 0 unspecified atom stereocenters. The summed E-state index contributed by atoms with van der Waals surface area (Å²) in [6, 6.07) is 10.6. The lowest BCUT2D eigenvalue weighted by Gasteiger charge is -2.07. The van der Waals surface area contributed by atoms with Crippen LogP contribution in [0.2, 0.25) is 0 Å². The minimum atomic E-state index is -4.55. The highest BCUT2D eigenvalue weighted by Gasteiger charge is 2.35. The number of ether oxygens (including phenoxy) is 1. The molecule has 0 aliphatic carbocycles. The first kappa shape index (κ1) is 20.5. The number of thiophene rings is 1. The fraction of sp³-hybridized carbons (Fsp3) is 0.211. The van der Waals surface area contributed by atoms with Gasteiger partial charge in [0.2, 0.25) is 0 Å². The number of nitrogens with zero attached hydrogens (tertiary/aromatic N) is 3. The Hall–Kier alpha value is -2.79. The van der Waals surface area contributed by atoms with E-state index in [4.69, 9.17) is 4.74 Å². The number of fused-ring (bicyclic) bond motifs is 1. The van der Waals surface area contributed by atoms with E-state index < -0.39 is 21.9 Å². The van der Waals surface area contributed by atoms with Gasteiger partial charge in [0.25, 0.3) is 10.0 Å². The second-order valence-corrected chi connectivity index (χ2v) is 9.55. The molecule has 6 nitrogen and oxygen atoms in total. The quantitative estimate of drug-likeness (QED) is 0.435. The van der Waals surface area contributed by atoms with Crippen LogP contribution < -0.4 is 4.74 Å². The highest BCUT2D eigenvalue weighted by Crippen LogP contribution is 2.36. The lowest BCUT2D eigenvalue weighted by Crippen LogP contribution is -2.11. The number of benzene rings is 1. The van der Waals surface area contributed by atoms with Crippen LogP contribution >= 0.6 is 11.3 Å². The van der Waals surface area contributed by atoms with Gasteiger partial charge in [-0.25, -0.2) is 3.97 Å². The first-order valence-corrected chi connectivity index (χ1v) is 11.1. The summed E-state index contributed by atoms with van der Waals surface area (Å²) in [5.74, 6) is 0.542. The molecule has 0 atom stereocenters. The van der Waals surface area contributed by atoms with Gasteiger partial charge in [-0.05, 0) is 43.3 Å². The van der Waals surface area contributed by atoms with E-state index in [1.807, 2.05) is 6.92 Å². The van der Waals surface area contributed by atoms with E-state index in [1.54, 1.807) is 24.3 Å². The van der Waals surface area contributed by atoms with Gasteiger partial charge in [-0.15, -0.1) is 11.3 Å². The molecule has 0 saturated heterocycles. The molecule has 3 heterocycles. The highest BCUT2D eigenvalue weighted by atomic mass is 32.2. The Morgan fingerprint density at radius 2 is 1.90 bits per heavy atom. The van der Waals surface area contributed by atoms with E-state index in [-0.39, 0.29) is 9.90 Å². The zero-order valence-corrected chi connectivity index (χ0v) is 17.5. The lowest BCUT2D eigenvalue weighted by atomic mass is 10.2. The highest BCUT2D eigenvalue weighted by molar-refractivity contribution is 7.92. The van der Waals surface area contributed by atoms with Crippen molar-refractivity contribution in [2.24, 2.45) is 7.05 Å². The second-order valence-electron chi connectivity index (χ2n) is 6.43. The molecule has 0 amide bonds. The van der Waals surface area contributed by atoms with Crippen molar-refractivity contribution in [2.45, 2.75) is 17.3 Å². The van der Waals surface area contributed by atoms with E-state index in [0.717, 1.165) is 31.4 Å². The smallest absolute Gasteiger partial charge is 0.433 e. The van der Waals surface area contributed by atoms with Crippen molar-refractivity contribution in [1.82, 2.24) is 13.8 Å². The van der Waals surface area contributed by atoms with Crippen molar-refractivity contribution >= 4 is 32.3 Å². The number of hydrogen-bond donors (Lipinski definition) is 0. The van der Waals surface area contributed by atoms with Gasteiger partial charge in [-0.2, -0.15) is 26.7 Å². The summed E-state index contributed by atoms with van der Waals surface area (Å²) in [6.45, 7) is 2.27. The van der Waals surface area contributed by atoms with Crippen molar-refractivity contribution in [3.63, 3.8) is 0 Å². The average Bonchev–Trinajstić information content (AvgIpc) is 3.38. The van der Waals surface area contributed by atoms with E-state index in [9.17, 15) is 21.6 Å². The number of aryl methyl sites for hydroxylation is 1. The van der Waals surface area contributed by atoms with Crippen LogP contribution in [0.15, 0.2) is 52.9 Å². The van der Waals surface area contributed by atoms with Crippen LogP contribution in [0, 0.1) is 0 Å². The fourth-order valence-corrected chi connectivity index (χ4v) is 5.79. The third-order valence-corrected chi connectivity index (χ3v) is 7.72. The van der Waals surface area contributed by atoms with Gasteiger partial charge in [-0.1, -0.05) is 0 Å². The summed E-state index contributed by atoms with van der Waals surface area (Å²) in [6.07, 6.45) is -3.11. The third-order valence-electron chi connectivity index (χ3n) is 4.46. The molecule has 0 fully saturated rings. The molecule has 0 radical (unpaired) electrons. The Bertz CT molecular complexity index is 1330. The van der Waals surface area contributed by atoms with Gasteiger partial charge in [0.15, 0.2) is 0 Å². The number of rotatable bonds is 5. The Kier molecular flexibility index (Phi) is 4.89. The maximum atomic E-state index is 13.2. The number of halogens is 3.